The largest absolute Gasteiger partial charge is 0.326 e. The van der Waals surface area contributed by atoms with Gasteiger partial charge < -0.3 is 10.6 Å². The summed E-state index contributed by atoms with van der Waals surface area (Å²) < 4.78 is 0. The Morgan fingerprint density at radius 2 is 2.19 bits per heavy atom. The van der Waals surface area contributed by atoms with Crippen LogP contribution in [0.25, 0.3) is 0 Å². The van der Waals surface area contributed by atoms with E-state index in [1.54, 1.807) is 0 Å². The normalized spacial score (nSPS) is 13.4. The van der Waals surface area contributed by atoms with Crippen LogP contribution in [0.1, 0.15) is 35.6 Å². The van der Waals surface area contributed by atoms with Crippen LogP contribution in [-0.2, 0) is 13.1 Å². The highest BCUT2D eigenvalue weighted by Gasteiger charge is 2.09. The third-order valence-corrected chi connectivity index (χ3v) is 4.15. The van der Waals surface area contributed by atoms with E-state index in [0.29, 0.717) is 6.54 Å². The molecule has 2 nitrogen and oxygen atoms in total. The summed E-state index contributed by atoms with van der Waals surface area (Å²) in [7, 11) is 2.20. The first-order chi connectivity index (χ1) is 7.56. The first-order valence-corrected chi connectivity index (χ1v) is 6.85. The van der Waals surface area contributed by atoms with Crippen molar-refractivity contribution in [2.24, 2.45) is 11.7 Å². The number of thiophene rings is 1. The second-order valence-electron chi connectivity index (χ2n) is 4.71. The predicted molar refractivity (Wildman–Crippen MR) is 72.7 cm³/mol. The average Bonchev–Trinajstić information content (AvgIpc) is 2.59. The lowest BCUT2D eigenvalue weighted by Crippen LogP contribution is -2.23. The fourth-order valence-electron chi connectivity index (χ4n) is 1.86. The molecule has 0 spiro atoms. The molecule has 1 aromatic heterocycles. The van der Waals surface area contributed by atoms with Crippen molar-refractivity contribution in [2.75, 3.05) is 13.6 Å². The van der Waals surface area contributed by atoms with E-state index < -0.39 is 0 Å². The minimum atomic E-state index is 0.667. The first kappa shape index (κ1) is 13.7. The van der Waals surface area contributed by atoms with Crippen molar-refractivity contribution in [3.63, 3.8) is 0 Å². The molecular weight excluding hydrogens is 216 g/mol. The molecule has 0 amide bonds. The Hall–Kier alpha value is -0.380. The number of aryl methyl sites for hydroxylation is 1. The van der Waals surface area contributed by atoms with Crippen LogP contribution in [0.2, 0.25) is 0 Å². The van der Waals surface area contributed by atoms with Crippen molar-refractivity contribution in [1.29, 1.82) is 0 Å². The van der Waals surface area contributed by atoms with Crippen molar-refractivity contribution < 1.29 is 0 Å². The summed E-state index contributed by atoms with van der Waals surface area (Å²) in [6.45, 7) is 9.64. The van der Waals surface area contributed by atoms with Crippen molar-refractivity contribution >= 4 is 11.3 Å². The van der Waals surface area contributed by atoms with Gasteiger partial charge in [-0.3, -0.25) is 0 Å². The molecule has 1 aromatic rings. The number of nitrogens with zero attached hydrogens (tertiary/aromatic N) is 1. The molecule has 1 heterocycles. The van der Waals surface area contributed by atoms with Crippen molar-refractivity contribution in [2.45, 2.75) is 40.3 Å². The van der Waals surface area contributed by atoms with Gasteiger partial charge in [-0.1, -0.05) is 20.3 Å². The van der Waals surface area contributed by atoms with Gasteiger partial charge in [0.25, 0.3) is 0 Å². The van der Waals surface area contributed by atoms with Gasteiger partial charge in [0.15, 0.2) is 0 Å². The molecule has 2 N–H and O–H groups in total. The summed E-state index contributed by atoms with van der Waals surface area (Å²) in [4.78, 5) is 5.12. The van der Waals surface area contributed by atoms with Gasteiger partial charge in [-0.2, -0.15) is 0 Å². The topological polar surface area (TPSA) is 29.3 Å². The molecule has 92 valence electrons. The average molecular weight is 240 g/mol. The highest BCUT2D eigenvalue weighted by Crippen LogP contribution is 2.22. The SMILES string of the molecule is CCC(C)CN(C)Cc1cc(CN)sc1C. The maximum atomic E-state index is 5.66. The van der Waals surface area contributed by atoms with Crippen molar-refractivity contribution in [3.8, 4) is 0 Å². The Morgan fingerprint density at radius 3 is 2.69 bits per heavy atom. The molecule has 0 bridgehead atoms. The molecule has 1 rings (SSSR count). The molecule has 3 heteroatoms. The van der Waals surface area contributed by atoms with Crippen LogP contribution >= 0.6 is 11.3 Å². The van der Waals surface area contributed by atoms with Crippen LogP contribution in [0.15, 0.2) is 6.07 Å². The maximum Gasteiger partial charge on any atom is 0.0274 e. The van der Waals surface area contributed by atoms with Gasteiger partial charge in [-0.15, -0.1) is 11.3 Å². The Balaban J connectivity index is 2.55. The second-order valence-corrected chi connectivity index (χ2v) is 6.05. The molecule has 1 atom stereocenters. The molecule has 0 saturated heterocycles. The lowest BCUT2D eigenvalue weighted by atomic mass is 10.1. The second kappa shape index (κ2) is 6.38. The molecule has 0 aromatic carbocycles. The van der Waals surface area contributed by atoms with E-state index in [4.69, 9.17) is 5.73 Å². The first-order valence-electron chi connectivity index (χ1n) is 6.03. The summed E-state index contributed by atoms with van der Waals surface area (Å²) in [5.74, 6) is 0.776. The smallest absolute Gasteiger partial charge is 0.0274 e. The standard InChI is InChI=1S/C13H24N2S/c1-5-10(2)8-15(4)9-12-6-13(7-14)16-11(12)3/h6,10H,5,7-9,14H2,1-4H3. The number of rotatable bonds is 6. The minimum Gasteiger partial charge on any atom is -0.326 e. The van der Waals surface area contributed by atoms with Gasteiger partial charge in [0.1, 0.15) is 0 Å². The van der Waals surface area contributed by atoms with E-state index in [-0.39, 0.29) is 0 Å². The van der Waals surface area contributed by atoms with Crippen LogP contribution in [0.4, 0.5) is 0 Å². The molecular formula is C13H24N2S. The van der Waals surface area contributed by atoms with Gasteiger partial charge in [0.05, 0.1) is 0 Å². The van der Waals surface area contributed by atoms with Gasteiger partial charge in [-0.25, -0.2) is 0 Å². The molecule has 0 aliphatic rings. The maximum absolute atomic E-state index is 5.66. The van der Waals surface area contributed by atoms with Crippen LogP contribution in [0, 0.1) is 12.8 Å². The Bertz CT molecular complexity index is 320. The fraction of sp³-hybridized carbons (Fsp3) is 0.692. The van der Waals surface area contributed by atoms with E-state index in [9.17, 15) is 0 Å². The zero-order valence-corrected chi connectivity index (χ0v) is 11.7. The monoisotopic (exact) mass is 240 g/mol. The summed E-state index contributed by atoms with van der Waals surface area (Å²) in [6.07, 6.45) is 1.25. The van der Waals surface area contributed by atoms with Gasteiger partial charge in [-0.05, 0) is 31.5 Å². The van der Waals surface area contributed by atoms with Crippen molar-refractivity contribution in [3.05, 3.63) is 21.4 Å². The Labute approximate surface area is 103 Å². The minimum absolute atomic E-state index is 0.667. The Kier molecular flexibility index (Phi) is 5.46. The molecule has 16 heavy (non-hydrogen) atoms. The highest BCUT2D eigenvalue weighted by atomic mass is 32.1. The molecule has 0 saturated carbocycles. The lowest BCUT2D eigenvalue weighted by Gasteiger charge is -2.20. The quantitative estimate of drug-likeness (QED) is 0.828. The number of nitrogens with two attached hydrogens (primary N) is 1. The summed E-state index contributed by atoms with van der Waals surface area (Å²) in [5.41, 5.74) is 7.10. The number of hydrogen-bond acceptors (Lipinski definition) is 3. The summed E-state index contributed by atoms with van der Waals surface area (Å²) in [5, 5.41) is 0. The molecule has 0 radical (unpaired) electrons. The van der Waals surface area contributed by atoms with E-state index in [0.717, 1.165) is 12.5 Å². The van der Waals surface area contributed by atoms with Crippen LogP contribution in [0.3, 0.4) is 0 Å². The highest BCUT2D eigenvalue weighted by molar-refractivity contribution is 7.12. The Morgan fingerprint density at radius 1 is 1.50 bits per heavy atom. The molecule has 1 unspecified atom stereocenters. The summed E-state index contributed by atoms with van der Waals surface area (Å²) in [6, 6.07) is 2.26. The lowest BCUT2D eigenvalue weighted by molar-refractivity contribution is 0.275. The number of hydrogen-bond donors (Lipinski definition) is 1. The zero-order chi connectivity index (χ0) is 12.1. The van der Waals surface area contributed by atoms with Crippen molar-refractivity contribution in [1.82, 2.24) is 4.90 Å². The fourth-order valence-corrected chi connectivity index (χ4v) is 2.79. The van der Waals surface area contributed by atoms with Gasteiger partial charge >= 0.3 is 0 Å². The van der Waals surface area contributed by atoms with E-state index in [2.05, 4.69) is 38.8 Å². The summed E-state index contributed by atoms with van der Waals surface area (Å²) >= 11 is 1.83. The van der Waals surface area contributed by atoms with Crippen LogP contribution in [-0.4, -0.2) is 18.5 Å². The predicted octanol–water partition coefficient (Wildman–Crippen LogP) is 2.99. The van der Waals surface area contributed by atoms with E-state index in [1.165, 1.54) is 28.3 Å². The molecule has 0 aliphatic carbocycles. The van der Waals surface area contributed by atoms with Crippen LogP contribution < -0.4 is 5.73 Å². The van der Waals surface area contributed by atoms with Crippen LogP contribution in [0.5, 0.6) is 0 Å². The van der Waals surface area contributed by atoms with E-state index >= 15 is 0 Å². The van der Waals surface area contributed by atoms with Gasteiger partial charge in [0.2, 0.25) is 0 Å². The van der Waals surface area contributed by atoms with Gasteiger partial charge in [0, 0.05) is 29.4 Å². The zero-order valence-electron chi connectivity index (χ0n) is 10.9. The molecule has 0 fully saturated rings. The third kappa shape index (κ3) is 3.89. The van der Waals surface area contributed by atoms with E-state index in [1.807, 2.05) is 11.3 Å². The molecule has 0 aliphatic heterocycles. The third-order valence-electron chi connectivity index (χ3n) is 3.03.